The van der Waals surface area contributed by atoms with Crippen molar-refractivity contribution in [1.82, 2.24) is 19.4 Å². The van der Waals surface area contributed by atoms with E-state index >= 15 is 0 Å². The quantitative estimate of drug-likeness (QED) is 0.552. The average Bonchev–Trinajstić information content (AvgIpc) is 3.12. The van der Waals surface area contributed by atoms with E-state index in [0.717, 1.165) is 34.1 Å². The molecule has 0 unspecified atom stereocenters. The van der Waals surface area contributed by atoms with Gasteiger partial charge in [-0.05, 0) is 12.1 Å². The van der Waals surface area contributed by atoms with E-state index in [1.807, 2.05) is 46.8 Å². The summed E-state index contributed by atoms with van der Waals surface area (Å²) in [5.41, 5.74) is 6.46. The number of thioether (sulfide) groups is 1. The molecule has 6 nitrogen and oxygen atoms in total. The lowest BCUT2D eigenvalue weighted by molar-refractivity contribution is 1.05. The molecule has 3 aromatic heterocycles. The van der Waals surface area contributed by atoms with Gasteiger partial charge in [0.2, 0.25) is 0 Å². The van der Waals surface area contributed by atoms with Crippen LogP contribution in [0.4, 0.5) is 5.82 Å². The van der Waals surface area contributed by atoms with Crippen molar-refractivity contribution >= 4 is 23.2 Å². The largest absolute Gasteiger partial charge is 0.308 e. The van der Waals surface area contributed by atoms with Gasteiger partial charge in [0.05, 0.1) is 5.69 Å². The molecule has 4 heterocycles. The molecule has 7 heteroatoms. The van der Waals surface area contributed by atoms with Gasteiger partial charge in [0.15, 0.2) is 5.82 Å². The second kappa shape index (κ2) is 4.46. The number of pyridine rings is 1. The summed E-state index contributed by atoms with van der Waals surface area (Å²) in [5, 5.41) is 0. The minimum atomic E-state index is 0.614. The molecule has 0 saturated heterocycles. The molecule has 100 valence electrons. The predicted molar refractivity (Wildman–Crippen MR) is 79.0 cm³/mol. The number of anilines is 1. The number of fused-ring (bicyclic) bond motifs is 2. The van der Waals surface area contributed by atoms with Gasteiger partial charge in [0, 0.05) is 29.5 Å². The molecule has 0 saturated carbocycles. The Kier molecular flexibility index (Phi) is 2.61. The second-order valence-electron chi connectivity index (χ2n) is 4.55. The van der Waals surface area contributed by atoms with Gasteiger partial charge in [-0.25, -0.2) is 20.8 Å². The predicted octanol–water partition coefficient (Wildman–Crippen LogP) is 1.82. The van der Waals surface area contributed by atoms with E-state index in [-0.39, 0.29) is 0 Å². The van der Waals surface area contributed by atoms with Crippen molar-refractivity contribution in [1.29, 1.82) is 0 Å². The Morgan fingerprint density at radius 1 is 1.20 bits per heavy atom. The Labute approximate surface area is 119 Å². The van der Waals surface area contributed by atoms with Crippen molar-refractivity contribution < 1.29 is 0 Å². The molecule has 0 radical (unpaired) electrons. The number of aromatic nitrogens is 4. The molecule has 1 aliphatic heterocycles. The molecule has 0 amide bonds. The van der Waals surface area contributed by atoms with E-state index in [1.165, 1.54) is 0 Å². The first kappa shape index (κ1) is 11.7. The topological polar surface area (TPSA) is 81.1 Å². The summed E-state index contributed by atoms with van der Waals surface area (Å²) >= 11 is 1.82. The van der Waals surface area contributed by atoms with Crippen molar-refractivity contribution in [2.45, 2.75) is 11.5 Å². The number of hydrogen-bond acceptors (Lipinski definition) is 6. The Morgan fingerprint density at radius 3 is 3.00 bits per heavy atom. The highest BCUT2D eigenvalue weighted by molar-refractivity contribution is 7.98. The summed E-state index contributed by atoms with van der Waals surface area (Å²) in [4.78, 5) is 13.7. The van der Waals surface area contributed by atoms with Crippen molar-refractivity contribution in [3.63, 3.8) is 0 Å². The molecule has 0 fully saturated rings. The summed E-state index contributed by atoms with van der Waals surface area (Å²) in [7, 11) is 0. The highest BCUT2D eigenvalue weighted by Crippen LogP contribution is 2.33. The van der Waals surface area contributed by atoms with Crippen LogP contribution < -0.4 is 11.3 Å². The molecule has 3 N–H and O–H groups in total. The van der Waals surface area contributed by atoms with Crippen molar-refractivity contribution in [3.05, 3.63) is 41.9 Å². The summed E-state index contributed by atoms with van der Waals surface area (Å²) in [6, 6.07) is 5.87. The van der Waals surface area contributed by atoms with E-state index in [0.29, 0.717) is 11.6 Å². The van der Waals surface area contributed by atoms with Crippen LogP contribution in [0.15, 0.2) is 30.6 Å². The Hall–Kier alpha value is -2.12. The lowest BCUT2D eigenvalue weighted by atomic mass is 10.2. The molecule has 0 aromatic carbocycles. The number of nitrogens with one attached hydrogen (secondary N) is 1. The molecule has 20 heavy (non-hydrogen) atoms. The third-order valence-electron chi connectivity index (χ3n) is 3.31. The molecule has 0 spiro atoms. The summed E-state index contributed by atoms with van der Waals surface area (Å²) in [6.07, 6.45) is 3.89. The Bertz CT molecular complexity index is 764. The van der Waals surface area contributed by atoms with E-state index in [9.17, 15) is 0 Å². The zero-order valence-electron chi connectivity index (χ0n) is 10.6. The van der Waals surface area contributed by atoms with Gasteiger partial charge in [-0.15, -0.1) is 0 Å². The first-order chi connectivity index (χ1) is 9.85. The first-order valence-electron chi connectivity index (χ1n) is 6.23. The smallest absolute Gasteiger partial charge is 0.182 e. The first-order valence-corrected chi connectivity index (χ1v) is 7.39. The highest BCUT2D eigenvalue weighted by atomic mass is 32.2. The maximum Gasteiger partial charge on any atom is 0.182 e. The highest BCUT2D eigenvalue weighted by Gasteiger charge is 2.20. The van der Waals surface area contributed by atoms with E-state index in [1.54, 1.807) is 0 Å². The minimum Gasteiger partial charge on any atom is -0.308 e. The molecule has 0 aliphatic carbocycles. The third-order valence-corrected chi connectivity index (χ3v) is 4.28. The SMILES string of the molecule is NNc1nc(-c2cn3ccccc3n2)nc2c1CSC2. The normalized spacial score (nSPS) is 13.7. The van der Waals surface area contributed by atoms with E-state index < -0.39 is 0 Å². The monoisotopic (exact) mass is 284 g/mol. The van der Waals surface area contributed by atoms with Crippen LogP contribution in [0, 0.1) is 0 Å². The average molecular weight is 284 g/mol. The number of nitrogen functional groups attached to an aromatic ring is 1. The lowest BCUT2D eigenvalue weighted by Crippen LogP contribution is -2.12. The van der Waals surface area contributed by atoms with Crippen LogP contribution in [-0.4, -0.2) is 19.4 Å². The second-order valence-corrected chi connectivity index (χ2v) is 5.54. The van der Waals surface area contributed by atoms with E-state index in [2.05, 4.69) is 20.4 Å². The van der Waals surface area contributed by atoms with Crippen LogP contribution in [0.3, 0.4) is 0 Å². The molecule has 4 rings (SSSR count). The molecule has 1 aliphatic rings. The number of nitrogens with two attached hydrogens (primary N) is 1. The van der Waals surface area contributed by atoms with Crippen molar-refractivity contribution in [3.8, 4) is 11.5 Å². The molecule has 0 bridgehead atoms. The van der Waals surface area contributed by atoms with Gasteiger partial charge in [-0.3, -0.25) is 0 Å². The fraction of sp³-hybridized carbons (Fsp3) is 0.154. The van der Waals surface area contributed by atoms with Crippen LogP contribution in [-0.2, 0) is 11.5 Å². The molecular formula is C13H12N6S. The fourth-order valence-electron chi connectivity index (χ4n) is 2.33. The standard InChI is InChI=1S/C13H12N6S/c14-18-12-8-6-20-7-10(8)16-13(17-12)9-5-19-4-2-1-3-11(19)15-9/h1-5H,6-7,14H2,(H,16,17,18). The third kappa shape index (κ3) is 1.75. The summed E-state index contributed by atoms with van der Waals surface area (Å²) in [5.74, 6) is 8.68. The van der Waals surface area contributed by atoms with Crippen LogP contribution in [0.2, 0.25) is 0 Å². The van der Waals surface area contributed by atoms with Gasteiger partial charge in [-0.1, -0.05) is 6.07 Å². The number of rotatable bonds is 2. The van der Waals surface area contributed by atoms with Crippen LogP contribution in [0.5, 0.6) is 0 Å². The number of hydrazine groups is 1. The maximum atomic E-state index is 5.57. The molecule has 3 aromatic rings. The van der Waals surface area contributed by atoms with Gasteiger partial charge in [-0.2, -0.15) is 11.8 Å². The van der Waals surface area contributed by atoms with Crippen LogP contribution >= 0.6 is 11.8 Å². The number of imidazole rings is 1. The summed E-state index contributed by atoms with van der Waals surface area (Å²) in [6.45, 7) is 0. The Morgan fingerprint density at radius 2 is 2.15 bits per heavy atom. The van der Waals surface area contributed by atoms with Crippen molar-refractivity contribution in [2.24, 2.45) is 5.84 Å². The zero-order chi connectivity index (χ0) is 13.5. The fourth-order valence-corrected chi connectivity index (χ4v) is 3.37. The van der Waals surface area contributed by atoms with E-state index in [4.69, 9.17) is 5.84 Å². The van der Waals surface area contributed by atoms with Gasteiger partial charge in [0.1, 0.15) is 17.2 Å². The van der Waals surface area contributed by atoms with Gasteiger partial charge in [0.25, 0.3) is 0 Å². The van der Waals surface area contributed by atoms with Gasteiger partial charge < -0.3 is 9.83 Å². The minimum absolute atomic E-state index is 0.614. The van der Waals surface area contributed by atoms with Crippen LogP contribution in [0.25, 0.3) is 17.2 Å². The molecular weight excluding hydrogens is 272 g/mol. The zero-order valence-corrected chi connectivity index (χ0v) is 11.4. The number of nitrogens with zero attached hydrogens (tertiary/aromatic N) is 4. The number of hydrogen-bond donors (Lipinski definition) is 2. The molecule has 0 atom stereocenters. The van der Waals surface area contributed by atoms with Crippen LogP contribution in [0.1, 0.15) is 11.3 Å². The maximum absolute atomic E-state index is 5.57. The Balaban J connectivity index is 1.89. The van der Waals surface area contributed by atoms with Crippen molar-refractivity contribution in [2.75, 3.05) is 5.43 Å². The summed E-state index contributed by atoms with van der Waals surface area (Å²) < 4.78 is 1.95. The van der Waals surface area contributed by atoms with Gasteiger partial charge >= 0.3 is 0 Å². The lowest BCUT2D eigenvalue weighted by Gasteiger charge is -2.07.